The number of hydrogen-bond donors (Lipinski definition) is 1. The molecule has 2 aromatic carbocycles. The number of rotatable bonds is 5. The average molecular weight is 336 g/mol. The van der Waals surface area contributed by atoms with Crippen LogP contribution in [0.15, 0.2) is 46.9 Å². The quantitative estimate of drug-likeness (QED) is 0.828. The first kappa shape index (κ1) is 15.2. The highest BCUT2D eigenvalue weighted by Crippen LogP contribution is 2.26. The standard InChI is InChI=1S/C17H19BrFN/c1-3-20-17(10-13-6-4-5-7-16(13)19)15-11-14(18)9-8-12(15)2/h4-9,11,17,20H,3,10H2,1-2H3. The van der Waals surface area contributed by atoms with Crippen molar-refractivity contribution < 1.29 is 4.39 Å². The highest BCUT2D eigenvalue weighted by atomic mass is 79.9. The number of benzene rings is 2. The van der Waals surface area contributed by atoms with E-state index in [1.165, 1.54) is 17.2 Å². The molecule has 0 saturated carbocycles. The summed E-state index contributed by atoms with van der Waals surface area (Å²) in [5.41, 5.74) is 3.18. The van der Waals surface area contributed by atoms with Crippen LogP contribution in [0.25, 0.3) is 0 Å². The first-order valence-corrected chi connectivity index (χ1v) is 7.64. The Hall–Kier alpha value is -1.19. The number of halogens is 2. The molecule has 106 valence electrons. The van der Waals surface area contributed by atoms with Crippen LogP contribution in [-0.2, 0) is 6.42 Å². The minimum atomic E-state index is -0.136. The zero-order valence-corrected chi connectivity index (χ0v) is 13.4. The second-order valence-electron chi connectivity index (χ2n) is 4.91. The lowest BCUT2D eigenvalue weighted by Crippen LogP contribution is -2.24. The van der Waals surface area contributed by atoms with Crippen molar-refractivity contribution in [3.05, 3.63) is 69.4 Å². The van der Waals surface area contributed by atoms with Gasteiger partial charge in [-0.1, -0.05) is 47.1 Å². The second kappa shape index (κ2) is 7.00. The summed E-state index contributed by atoms with van der Waals surface area (Å²) in [6.07, 6.45) is 0.651. The molecule has 2 rings (SSSR count). The first-order chi connectivity index (χ1) is 9.61. The minimum Gasteiger partial charge on any atom is -0.310 e. The van der Waals surface area contributed by atoms with Crippen molar-refractivity contribution in [2.24, 2.45) is 0 Å². The molecule has 0 saturated heterocycles. The van der Waals surface area contributed by atoms with Crippen LogP contribution < -0.4 is 5.32 Å². The van der Waals surface area contributed by atoms with E-state index in [0.717, 1.165) is 16.6 Å². The lowest BCUT2D eigenvalue weighted by molar-refractivity contribution is 0.526. The van der Waals surface area contributed by atoms with Crippen molar-refractivity contribution >= 4 is 15.9 Å². The Morgan fingerprint density at radius 3 is 2.65 bits per heavy atom. The largest absolute Gasteiger partial charge is 0.310 e. The Balaban J connectivity index is 2.32. The molecule has 20 heavy (non-hydrogen) atoms. The molecule has 0 bridgehead atoms. The fourth-order valence-corrected chi connectivity index (χ4v) is 2.79. The molecule has 0 radical (unpaired) electrons. The Kier molecular flexibility index (Phi) is 5.32. The highest BCUT2D eigenvalue weighted by molar-refractivity contribution is 9.10. The predicted octanol–water partition coefficient (Wildman–Crippen LogP) is 4.79. The maximum absolute atomic E-state index is 13.8. The summed E-state index contributed by atoms with van der Waals surface area (Å²) in [7, 11) is 0. The van der Waals surface area contributed by atoms with E-state index in [1.54, 1.807) is 6.07 Å². The van der Waals surface area contributed by atoms with E-state index in [-0.39, 0.29) is 11.9 Å². The number of aryl methyl sites for hydroxylation is 1. The summed E-state index contributed by atoms with van der Waals surface area (Å²) in [6, 6.07) is 13.3. The molecular formula is C17H19BrFN. The smallest absolute Gasteiger partial charge is 0.126 e. The van der Waals surface area contributed by atoms with Gasteiger partial charge in [-0.2, -0.15) is 0 Å². The third-order valence-electron chi connectivity index (χ3n) is 3.45. The van der Waals surface area contributed by atoms with E-state index in [9.17, 15) is 4.39 Å². The molecule has 0 aliphatic rings. The van der Waals surface area contributed by atoms with Crippen LogP contribution in [0.2, 0.25) is 0 Å². The van der Waals surface area contributed by atoms with Crippen molar-refractivity contribution in [2.75, 3.05) is 6.54 Å². The summed E-state index contributed by atoms with van der Waals surface area (Å²) in [5, 5.41) is 3.46. The Morgan fingerprint density at radius 1 is 1.20 bits per heavy atom. The number of likely N-dealkylation sites (N-methyl/N-ethyl adjacent to an activating group) is 1. The van der Waals surface area contributed by atoms with Crippen LogP contribution in [0.5, 0.6) is 0 Å². The fraction of sp³-hybridized carbons (Fsp3) is 0.294. The van der Waals surface area contributed by atoms with E-state index in [1.807, 2.05) is 18.2 Å². The van der Waals surface area contributed by atoms with Crippen LogP contribution in [0.4, 0.5) is 4.39 Å². The summed E-state index contributed by atoms with van der Waals surface area (Å²) < 4.78 is 14.9. The van der Waals surface area contributed by atoms with E-state index < -0.39 is 0 Å². The van der Waals surface area contributed by atoms with Gasteiger partial charge in [-0.15, -0.1) is 0 Å². The molecule has 1 unspecified atom stereocenters. The molecule has 0 aliphatic heterocycles. The van der Waals surface area contributed by atoms with E-state index in [0.29, 0.717) is 6.42 Å². The van der Waals surface area contributed by atoms with Gasteiger partial charge in [0.25, 0.3) is 0 Å². The SMILES string of the molecule is CCNC(Cc1ccccc1F)c1cc(Br)ccc1C. The highest BCUT2D eigenvalue weighted by Gasteiger charge is 2.15. The Bertz CT molecular complexity index is 583. The Labute approximate surface area is 128 Å². The average Bonchev–Trinajstić information content (AvgIpc) is 2.43. The third-order valence-corrected chi connectivity index (χ3v) is 3.94. The maximum Gasteiger partial charge on any atom is 0.126 e. The van der Waals surface area contributed by atoms with Crippen LogP contribution in [-0.4, -0.2) is 6.54 Å². The van der Waals surface area contributed by atoms with Gasteiger partial charge < -0.3 is 5.32 Å². The summed E-state index contributed by atoms with van der Waals surface area (Å²) in [4.78, 5) is 0. The van der Waals surface area contributed by atoms with E-state index in [4.69, 9.17) is 0 Å². The molecule has 0 amide bonds. The molecule has 1 nitrogen and oxygen atoms in total. The molecule has 1 N–H and O–H groups in total. The molecule has 3 heteroatoms. The van der Waals surface area contributed by atoms with Crippen LogP contribution >= 0.6 is 15.9 Å². The van der Waals surface area contributed by atoms with Gasteiger partial charge in [-0.25, -0.2) is 4.39 Å². The Morgan fingerprint density at radius 2 is 1.95 bits per heavy atom. The van der Waals surface area contributed by atoms with Crippen molar-refractivity contribution in [2.45, 2.75) is 26.3 Å². The summed E-state index contributed by atoms with van der Waals surface area (Å²) in [5.74, 6) is -0.136. The fourth-order valence-electron chi connectivity index (χ4n) is 2.41. The molecule has 0 aliphatic carbocycles. The molecular weight excluding hydrogens is 317 g/mol. The molecule has 1 atom stereocenters. The van der Waals surface area contributed by atoms with Gasteiger partial charge in [0.05, 0.1) is 0 Å². The van der Waals surface area contributed by atoms with Crippen molar-refractivity contribution in [3.63, 3.8) is 0 Å². The second-order valence-corrected chi connectivity index (χ2v) is 5.82. The lowest BCUT2D eigenvalue weighted by Gasteiger charge is -2.21. The predicted molar refractivity (Wildman–Crippen MR) is 85.4 cm³/mol. The molecule has 0 fully saturated rings. The van der Waals surface area contributed by atoms with Gasteiger partial charge in [0.15, 0.2) is 0 Å². The first-order valence-electron chi connectivity index (χ1n) is 6.84. The van der Waals surface area contributed by atoms with Gasteiger partial charge in [0.2, 0.25) is 0 Å². The van der Waals surface area contributed by atoms with E-state index in [2.05, 4.69) is 47.2 Å². The van der Waals surface area contributed by atoms with Crippen LogP contribution in [0.1, 0.15) is 29.7 Å². The topological polar surface area (TPSA) is 12.0 Å². The summed E-state index contributed by atoms with van der Waals surface area (Å²) >= 11 is 3.51. The van der Waals surface area contributed by atoms with Crippen LogP contribution in [0, 0.1) is 12.7 Å². The van der Waals surface area contributed by atoms with Gasteiger partial charge in [0.1, 0.15) is 5.82 Å². The normalized spacial score (nSPS) is 12.4. The minimum absolute atomic E-state index is 0.120. The molecule has 0 spiro atoms. The number of hydrogen-bond acceptors (Lipinski definition) is 1. The number of nitrogens with one attached hydrogen (secondary N) is 1. The van der Waals surface area contributed by atoms with Gasteiger partial charge in [0, 0.05) is 10.5 Å². The van der Waals surface area contributed by atoms with Gasteiger partial charge in [-0.3, -0.25) is 0 Å². The molecule has 2 aromatic rings. The van der Waals surface area contributed by atoms with Crippen molar-refractivity contribution in [1.82, 2.24) is 5.32 Å². The van der Waals surface area contributed by atoms with E-state index >= 15 is 0 Å². The van der Waals surface area contributed by atoms with Crippen molar-refractivity contribution in [3.8, 4) is 0 Å². The molecule has 0 heterocycles. The van der Waals surface area contributed by atoms with Crippen molar-refractivity contribution in [1.29, 1.82) is 0 Å². The maximum atomic E-state index is 13.8. The van der Waals surface area contributed by atoms with Gasteiger partial charge in [-0.05, 0) is 54.8 Å². The zero-order valence-electron chi connectivity index (χ0n) is 11.8. The lowest BCUT2D eigenvalue weighted by atomic mass is 9.95. The molecule has 0 aromatic heterocycles. The van der Waals surface area contributed by atoms with Gasteiger partial charge >= 0.3 is 0 Å². The van der Waals surface area contributed by atoms with Crippen LogP contribution in [0.3, 0.4) is 0 Å². The summed E-state index contributed by atoms with van der Waals surface area (Å²) in [6.45, 7) is 5.01. The third kappa shape index (κ3) is 3.68. The monoisotopic (exact) mass is 335 g/mol. The zero-order chi connectivity index (χ0) is 14.5.